The summed E-state index contributed by atoms with van der Waals surface area (Å²) in [4.78, 5) is 43.4. The highest BCUT2D eigenvalue weighted by Gasteiger charge is 2.67. The van der Waals surface area contributed by atoms with Crippen LogP contribution in [-0.4, -0.2) is 74.1 Å². The maximum Gasteiger partial charge on any atom is 0.318 e. The van der Waals surface area contributed by atoms with Gasteiger partial charge in [0, 0.05) is 11.8 Å². The Balaban J connectivity index is 0.000000194. The van der Waals surface area contributed by atoms with Gasteiger partial charge in [0.2, 0.25) is 12.9 Å². The minimum Gasteiger partial charge on any atom is -0.549 e. The van der Waals surface area contributed by atoms with Crippen LogP contribution in [0.4, 0.5) is 17.6 Å². The lowest BCUT2D eigenvalue weighted by Gasteiger charge is -2.27. The molecule has 0 spiro atoms. The van der Waals surface area contributed by atoms with Gasteiger partial charge >= 0.3 is 11.9 Å². The van der Waals surface area contributed by atoms with E-state index in [1.54, 1.807) is 0 Å². The maximum absolute atomic E-state index is 12.2. The predicted octanol–water partition coefficient (Wildman–Crippen LogP) is 3.57. The third-order valence-corrected chi connectivity index (χ3v) is 12.3. The van der Waals surface area contributed by atoms with Gasteiger partial charge in [0.05, 0.1) is 49.3 Å². The number of nitrogens with two attached hydrogens (primary N) is 2. The summed E-state index contributed by atoms with van der Waals surface area (Å²) in [6.07, 6.45) is 23.4. The van der Waals surface area contributed by atoms with Crippen molar-refractivity contribution in [2.24, 2.45) is 22.7 Å². The molecule has 6 rings (SSSR count). The number of alkyl halides is 4. The molecule has 0 aromatic carbocycles. The second kappa shape index (κ2) is 22.9. The molecule has 6 aliphatic rings. The van der Waals surface area contributed by atoms with Gasteiger partial charge in [-0.05, 0) is 129 Å². The minimum absolute atomic E-state index is 0.0379. The van der Waals surface area contributed by atoms with Crippen molar-refractivity contribution >= 4 is 23.9 Å². The Morgan fingerprint density at radius 3 is 0.926 bits per heavy atom. The van der Waals surface area contributed by atoms with Gasteiger partial charge in [0.1, 0.15) is 10.8 Å². The normalized spacial score (nSPS) is 29.0. The summed E-state index contributed by atoms with van der Waals surface area (Å²) in [5.74, 6) is -8.73. The van der Waals surface area contributed by atoms with E-state index in [2.05, 4.69) is 20.1 Å². The van der Waals surface area contributed by atoms with Gasteiger partial charge in [-0.15, -0.1) is 0 Å². The maximum atomic E-state index is 12.2. The standard InChI is InChI=1S/2C12H23N.2C8H10F2O4/c2*1-3-7-11(8-4-1)13-12-9-5-2-6-10-12;2*1-2-14-7(13)8(6(11)12)3-4(8)5(9)10/h2*11-13H,1-10H2;2*4-5H,2-3H2,1H3,(H,11,12)/t;;2*4-,8+/m..00/s1. The number of halogens is 4. The molecule has 0 aliphatic heterocycles. The molecule has 312 valence electrons. The van der Waals surface area contributed by atoms with E-state index in [0.717, 1.165) is 24.2 Å². The summed E-state index contributed by atoms with van der Waals surface area (Å²) in [6, 6.07) is 3.99. The molecule has 0 heterocycles. The van der Waals surface area contributed by atoms with Crippen molar-refractivity contribution < 1.29 is 67.1 Å². The van der Waals surface area contributed by atoms with Crippen molar-refractivity contribution in [2.75, 3.05) is 13.2 Å². The fraction of sp³-hybridized carbons (Fsp3) is 0.900. The summed E-state index contributed by atoms with van der Waals surface area (Å²) >= 11 is 0. The lowest BCUT2D eigenvalue weighted by atomic mass is 9.91. The Morgan fingerprint density at radius 2 is 0.759 bits per heavy atom. The molecule has 0 unspecified atom stereocenters. The van der Waals surface area contributed by atoms with E-state index in [-0.39, 0.29) is 13.2 Å². The summed E-state index contributed by atoms with van der Waals surface area (Å²) in [5, 5.41) is 26.6. The predicted molar refractivity (Wildman–Crippen MR) is 188 cm³/mol. The third-order valence-electron chi connectivity index (χ3n) is 12.3. The molecular weight excluding hydrogens is 712 g/mol. The van der Waals surface area contributed by atoms with Crippen LogP contribution in [0.3, 0.4) is 0 Å². The van der Waals surface area contributed by atoms with Gasteiger partial charge in [-0.3, -0.25) is 9.59 Å². The van der Waals surface area contributed by atoms with Crippen LogP contribution in [-0.2, 0) is 28.7 Å². The average molecular weight is 779 g/mol. The number of aliphatic carboxylic acids is 2. The highest BCUT2D eigenvalue weighted by atomic mass is 19.3. The zero-order valence-electron chi connectivity index (χ0n) is 32.5. The molecule has 4 N–H and O–H groups in total. The molecule has 6 saturated carbocycles. The highest BCUT2D eigenvalue weighted by molar-refractivity contribution is 6.02. The number of esters is 2. The number of hydrogen-bond donors (Lipinski definition) is 2. The first-order valence-corrected chi connectivity index (χ1v) is 20.9. The topological polar surface area (TPSA) is 166 Å². The molecule has 14 heteroatoms. The van der Waals surface area contributed by atoms with Crippen LogP contribution >= 0.6 is 0 Å². The van der Waals surface area contributed by atoms with E-state index >= 15 is 0 Å². The number of quaternary nitrogens is 2. The number of carbonyl (C=O) groups is 4. The number of ether oxygens (including phenoxy) is 2. The summed E-state index contributed by atoms with van der Waals surface area (Å²) in [6.45, 7) is 2.87. The van der Waals surface area contributed by atoms with E-state index in [9.17, 15) is 47.0 Å². The van der Waals surface area contributed by atoms with Gasteiger partial charge in [-0.1, -0.05) is 25.7 Å². The molecule has 0 aromatic rings. The Hall–Kier alpha value is -2.48. The van der Waals surface area contributed by atoms with E-state index in [4.69, 9.17) is 0 Å². The molecule has 54 heavy (non-hydrogen) atoms. The van der Waals surface area contributed by atoms with Crippen molar-refractivity contribution in [1.82, 2.24) is 0 Å². The van der Waals surface area contributed by atoms with Crippen LogP contribution in [0.15, 0.2) is 0 Å². The molecule has 6 fully saturated rings. The van der Waals surface area contributed by atoms with Gasteiger partial charge in [0.15, 0.2) is 0 Å². The molecule has 0 aromatic heterocycles. The second-order valence-electron chi connectivity index (χ2n) is 16.2. The number of carboxylic acid groups (broad SMARTS) is 2. The summed E-state index contributed by atoms with van der Waals surface area (Å²) < 4.78 is 57.5. The van der Waals surface area contributed by atoms with Gasteiger partial charge in [-0.25, -0.2) is 17.6 Å². The van der Waals surface area contributed by atoms with Crippen molar-refractivity contribution in [3.05, 3.63) is 0 Å². The highest BCUT2D eigenvalue weighted by Crippen LogP contribution is 2.57. The molecule has 0 amide bonds. The monoisotopic (exact) mass is 778 g/mol. The first kappa shape index (κ1) is 45.9. The smallest absolute Gasteiger partial charge is 0.318 e. The first-order valence-electron chi connectivity index (χ1n) is 20.9. The fourth-order valence-electron chi connectivity index (χ4n) is 8.89. The largest absolute Gasteiger partial charge is 0.549 e. The quantitative estimate of drug-likeness (QED) is 0.173. The van der Waals surface area contributed by atoms with Crippen molar-refractivity contribution in [3.63, 3.8) is 0 Å². The summed E-state index contributed by atoms with van der Waals surface area (Å²) in [5.41, 5.74) is -4.21. The molecule has 0 bridgehead atoms. The second-order valence-corrected chi connectivity index (χ2v) is 16.2. The van der Waals surface area contributed by atoms with Crippen LogP contribution in [0.25, 0.3) is 0 Å². The average Bonchev–Trinajstić information content (AvgIpc) is 4.08. The lowest BCUT2D eigenvalue weighted by Crippen LogP contribution is -2.95. The van der Waals surface area contributed by atoms with Crippen LogP contribution in [0.5, 0.6) is 0 Å². The molecule has 4 atom stereocenters. The number of carbonyl (C=O) groups excluding carboxylic acids is 4. The Bertz CT molecular complexity index is 1040. The number of hydrogen-bond acceptors (Lipinski definition) is 8. The first-order chi connectivity index (χ1) is 25.8. The zero-order valence-corrected chi connectivity index (χ0v) is 32.5. The zero-order chi connectivity index (χ0) is 39.7. The van der Waals surface area contributed by atoms with Crippen LogP contribution < -0.4 is 20.8 Å². The SMILES string of the molecule is C1CCC([NH2+]C2CCCCC2)CC1.C1CCC([NH2+]C2CCCCC2)CC1.CCOC(=O)[C@]1(C(=O)[O-])C[C@H]1C(F)F.CCOC(=O)[C@]1(C(=O)[O-])C[C@H]1C(F)F. The van der Waals surface area contributed by atoms with Gasteiger partial charge in [0.25, 0.3) is 0 Å². The van der Waals surface area contributed by atoms with Crippen molar-refractivity contribution in [1.29, 1.82) is 0 Å². The number of rotatable bonds is 12. The van der Waals surface area contributed by atoms with E-state index in [1.807, 2.05) is 0 Å². The Labute approximate surface area is 318 Å². The molecule has 10 nitrogen and oxygen atoms in total. The lowest BCUT2D eigenvalue weighted by molar-refractivity contribution is -0.726. The summed E-state index contributed by atoms with van der Waals surface area (Å²) in [7, 11) is 0. The van der Waals surface area contributed by atoms with E-state index in [0.29, 0.717) is 0 Å². The fourth-order valence-corrected chi connectivity index (χ4v) is 8.89. The van der Waals surface area contributed by atoms with Gasteiger partial charge < -0.3 is 39.9 Å². The van der Waals surface area contributed by atoms with Crippen molar-refractivity contribution in [2.45, 2.75) is 192 Å². The van der Waals surface area contributed by atoms with E-state index in [1.165, 1.54) is 142 Å². The van der Waals surface area contributed by atoms with Gasteiger partial charge in [-0.2, -0.15) is 0 Å². The molecule has 6 aliphatic carbocycles. The van der Waals surface area contributed by atoms with Crippen LogP contribution in [0.2, 0.25) is 0 Å². The Kier molecular flexibility index (Phi) is 19.5. The molecule has 0 radical (unpaired) electrons. The third kappa shape index (κ3) is 13.3. The van der Waals surface area contributed by atoms with Crippen LogP contribution in [0, 0.1) is 22.7 Å². The van der Waals surface area contributed by atoms with Crippen LogP contribution in [0.1, 0.15) is 155 Å². The number of carboxylic acids is 2. The Morgan fingerprint density at radius 1 is 0.519 bits per heavy atom. The molecular formula is C40H66F4N2O8. The van der Waals surface area contributed by atoms with E-state index < -0.39 is 72.2 Å². The minimum atomic E-state index is -2.84. The molecule has 0 saturated heterocycles. The van der Waals surface area contributed by atoms with Crippen molar-refractivity contribution in [3.8, 4) is 0 Å².